The van der Waals surface area contributed by atoms with Gasteiger partial charge in [0.25, 0.3) is 5.56 Å². The topological polar surface area (TPSA) is 91.9 Å². The van der Waals surface area contributed by atoms with Crippen molar-refractivity contribution in [3.63, 3.8) is 0 Å². The molecule has 2 N–H and O–H groups in total. The minimum atomic E-state index is -0.218. The Morgan fingerprint density at radius 3 is 2.60 bits per heavy atom. The van der Waals surface area contributed by atoms with E-state index in [1.54, 1.807) is 36.0 Å². The van der Waals surface area contributed by atoms with E-state index in [0.29, 0.717) is 27.9 Å². The van der Waals surface area contributed by atoms with Crippen LogP contribution in [0.4, 0.5) is 5.69 Å². The Bertz CT molecular complexity index is 804. The average Bonchev–Trinajstić information content (AvgIpc) is 2.58. The van der Waals surface area contributed by atoms with Crippen molar-refractivity contribution in [3.8, 4) is 0 Å². The van der Waals surface area contributed by atoms with Crippen LogP contribution in [-0.4, -0.2) is 33.2 Å². The van der Waals surface area contributed by atoms with Crippen molar-refractivity contribution in [1.29, 1.82) is 0 Å². The Hall–Kier alpha value is -2.06. The molecular formula is C17H19N3O3S2. The largest absolute Gasteiger partial charge is 0.325 e. The molecule has 0 saturated heterocycles. The highest BCUT2D eigenvalue weighted by molar-refractivity contribution is 7.99. The third-order valence-electron chi connectivity index (χ3n) is 3.14. The molecule has 0 unspecified atom stereocenters. The van der Waals surface area contributed by atoms with E-state index in [1.807, 2.05) is 6.92 Å². The SMILES string of the molecule is CCSCc1cc(=O)[nH]c(SCC(=O)Nc2ccc(C(C)=O)cc2)n1. The number of benzene rings is 1. The number of rotatable bonds is 8. The number of carbonyl (C=O) groups is 2. The molecule has 8 heteroatoms. The van der Waals surface area contributed by atoms with Gasteiger partial charge in [0.2, 0.25) is 5.91 Å². The monoisotopic (exact) mass is 377 g/mol. The van der Waals surface area contributed by atoms with Gasteiger partial charge in [0.15, 0.2) is 10.9 Å². The summed E-state index contributed by atoms with van der Waals surface area (Å²) in [6.45, 7) is 3.53. The van der Waals surface area contributed by atoms with E-state index in [4.69, 9.17) is 0 Å². The van der Waals surface area contributed by atoms with Crippen LogP contribution in [0.2, 0.25) is 0 Å². The van der Waals surface area contributed by atoms with Crippen molar-refractivity contribution in [1.82, 2.24) is 9.97 Å². The van der Waals surface area contributed by atoms with E-state index in [9.17, 15) is 14.4 Å². The Balaban J connectivity index is 1.92. The lowest BCUT2D eigenvalue weighted by Crippen LogP contribution is -2.15. The number of hydrogen-bond donors (Lipinski definition) is 2. The Morgan fingerprint density at radius 1 is 1.24 bits per heavy atom. The van der Waals surface area contributed by atoms with E-state index in [1.165, 1.54) is 24.8 Å². The fourth-order valence-electron chi connectivity index (χ4n) is 1.95. The van der Waals surface area contributed by atoms with Gasteiger partial charge in [-0.15, -0.1) is 0 Å². The van der Waals surface area contributed by atoms with Crippen LogP contribution in [0.1, 0.15) is 29.9 Å². The molecule has 2 rings (SSSR count). The van der Waals surface area contributed by atoms with E-state index in [0.717, 1.165) is 5.75 Å². The summed E-state index contributed by atoms with van der Waals surface area (Å²) in [6, 6.07) is 8.17. The van der Waals surface area contributed by atoms with Crippen molar-refractivity contribution in [3.05, 3.63) is 51.9 Å². The number of aromatic amines is 1. The molecule has 0 bridgehead atoms. The first-order valence-electron chi connectivity index (χ1n) is 7.69. The zero-order valence-electron chi connectivity index (χ0n) is 14.0. The van der Waals surface area contributed by atoms with Gasteiger partial charge in [-0.3, -0.25) is 14.4 Å². The number of H-pyrrole nitrogens is 1. The molecule has 0 aliphatic carbocycles. The van der Waals surface area contributed by atoms with Crippen molar-refractivity contribution in [2.45, 2.75) is 24.8 Å². The molecule has 25 heavy (non-hydrogen) atoms. The zero-order chi connectivity index (χ0) is 18.2. The first kappa shape index (κ1) is 19.3. The number of aromatic nitrogens is 2. The summed E-state index contributed by atoms with van der Waals surface area (Å²) in [5.41, 5.74) is 1.70. The van der Waals surface area contributed by atoms with Crippen molar-refractivity contribution in [2.75, 3.05) is 16.8 Å². The number of Topliss-reactive ketones (excluding diaryl/α,β-unsaturated/α-hetero) is 1. The fraction of sp³-hybridized carbons (Fsp3) is 0.294. The molecule has 0 aliphatic rings. The van der Waals surface area contributed by atoms with Crippen LogP contribution < -0.4 is 10.9 Å². The van der Waals surface area contributed by atoms with Crippen LogP contribution in [0.5, 0.6) is 0 Å². The Kier molecular flexibility index (Phi) is 7.27. The number of anilines is 1. The lowest BCUT2D eigenvalue weighted by molar-refractivity contribution is -0.113. The van der Waals surface area contributed by atoms with Gasteiger partial charge in [0, 0.05) is 23.1 Å². The van der Waals surface area contributed by atoms with Gasteiger partial charge in [-0.1, -0.05) is 18.7 Å². The molecule has 0 atom stereocenters. The van der Waals surface area contributed by atoms with Crippen molar-refractivity contribution < 1.29 is 9.59 Å². The zero-order valence-corrected chi connectivity index (χ0v) is 15.6. The summed E-state index contributed by atoms with van der Waals surface area (Å²) < 4.78 is 0. The van der Waals surface area contributed by atoms with Gasteiger partial charge in [-0.2, -0.15) is 11.8 Å². The average molecular weight is 377 g/mol. The van der Waals surface area contributed by atoms with Crippen molar-refractivity contribution >= 4 is 40.9 Å². The van der Waals surface area contributed by atoms with Crippen LogP contribution in [0, 0.1) is 0 Å². The number of ketones is 1. The summed E-state index contributed by atoms with van der Waals surface area (Å²) in [4.78, 5) is 41.9. The minimum Gasteiger partial charge on any atom is -0.325 e. The molecule has 2 aromatic rings. The molecule has 0 radical (unpaired) electrons. The molecule has 1 aromatic carbocycles. The highest BCUT2D eigenvalue weighted by Gasteiger charge is 2.08. The van der Waals surface area contributed by atoms with Crippen molar-refractivity contribution in [2.24, 2.45) is 0 Å². The molecule has 0 spiro atoms. The Labute approximate surface area is 154 Å². The lowest BCUT2D eigenvalue weighted by Gasteiger charge is -2.06. The number of nitrogens with one attached hydrogen (secondary N) is 2. The molecule has 1 aromatic heterocycles. The van der Waals surface area contributed by atoms with Gasteiger partial charge in [-0.05, 0) is 36.9 Å². The molecule has 0 fully saturated rings. The molecule has 0 aliphatic heterocycles. The van der Waals surface area contributed by atoms with Gasteiger partial charge < -0.3 is 10.3 Å². The Morgan fingerprint density at radius 2 is 1.96 bits per heavy atom. The van der Waals surface area contributed by atoms with Gasteiger partial charge >= 0.3 is 0 Å². The number of thioether (sulfide) groups is 2. The highest BCUT2D eigenvalue weighted by Crippen LogP contribution is 2.15. The molecule has 132 valence electrons. The van der Waals surface area contributed by atoms with E-state index < -0.39 is 0 Å². The van der Waals surface area contributed by atoms with E-state index in [-0.39, 0.29) is 23.0 Å². The predicted molar refractivity (Wildman–Crippen MR) is 102 cm³/mol. The molecule has 1 amide bonds. The summed E-state index contributed by atoms with van der Waals surface area (Å²) in [5, 5.41) is 3.18. The number of amides is 1. The number of carbonyl (C=O) groups excluding carboxylic acids is 2. The predicted octanol–water partition coefficient (Wildman–Crippen LogP) is 2.96. The molecule has 6 nitrogen and oxygen atoms in total. The van der Waals surface area contributed by atoms with Crippen LogP contribution in [0.3, 0.4) is 0 Å². The second kappa shape index (κ2) is 9.43. The minimum absolute atomic E-state index is 0.0235. The third-order valence-corrected chi connectivity index (χ3v) is 4.92. The second-order valence-corrected chi connectivity index (χ2v) is 7.39. The maximum Gasteiger partial charge on any atom is 0.251 e. The quantitative estimate of drug-likeness (QED) is 0.417. The first-order valence-corrected chi connectivity index (χ1v) is 9.83. The van der Waals surface area contributed by atoms with Crippen LogP contribution in [0.15, 0.2) is 40.3 Å². The first-order chi connectivity index (χ1) is 12.0. The van der Waals surface area contributed by atoms with Gasteiger partial charge in [0.05, 0.1) is 11.4 Å². The second-order valence-electron chi connectivity index (χ2n) is 5.15. The summed E-state index contributed by atoms with van der Waals surface area (Å²) in [7, 11) is 0. The molecule has 1 heterocycles. The van der Waals surface area contributed by atoms with Crippen LogP contribution >= 0.6 is 23.5 Å². The number of hydrogen-bond acceptors (Lipinski definition) is 6. The lowest BCUT2D eigenvalue weighted by atomic mass is 10.1. The van der Waals surface area contributed by atoms with E-state index in [2.05, 4.69) is 15.3 Å². The highest BCUT2D eigenvalue weighted by atomic mass is 32.2. The third kappa shape index (κ3) is 6.39. The van der Waals surface area contributed by atoms with Gasteiger partial charge in [0.1, 0.15) is 0 Å². The van der Waals surface area contributed by atoms with Crippen LogP contribution in [0.25, 0.3) is 0 Å². The normalized spacial score (nSPS) is 10.5. The molecule has 0 saturated carbocycles. The summed E-state index contributed by atoms with van der Waals surface area (Å²) >= 11 is 2.86. The maximum absolute atomic E-state index is 12.0. The van der Waals surface area contributed by atoms with E-state index >= 15 is 0 Å². The molecular weight excluding hydrogens is 358 g/mol. The van der Waals surface area contributed by atoms with Crippen LogP contribution in [-0.2, 0) is 10.5 Å². The summed E-state index contributed by atoms with van der Waals surface area (Å²) in [6.07, 6.45) is 0. The standard InChI is InChI=1S/C17H19N3O3S2/c1-3-24-9-14-8-15(22)20-17(19-14)25-10-16(23)18-13-6-4-12(5-7-13)11(2)21/h4-8H,3,9-10H2,1-2H3,(H,18,23)(H,19,20,22). The van der Waals surface area contributed by atoms with Gasteiger partial charge in [-0.25, -0.2) is 4.98 Å². The maximum atomic E-state index is 12.0. The number of nitrogens with zero attached hydrogens (tertiary/aromatic N) is 1. The summed E-state index contributed by atoms with van der Waals surface area (Å²) in [5.74, 6) is 1.51. The smallest absolute Gasteiger partial charge is 0.251 e. The fourth-order valence-corrected chi connectivity index (χ4v) is 3.21.